The van der Waals surface area contributed by atoms with E-state index in [9.17, 15) is 4.79 Å². The van der Waals surface area contributed by atoms with Gasteiger partial charge < -0.3 is 5.32 Å². The molecule has 2 aromatic rings. The fourth-order valence-corrected chi connectivity index (χ4v) is 2.31. The van der Waals surface area contributed by atoms with Crippen molar-refractivity contribution in [3.63, 3.8) is 0 Å². The standard InChI is InChI=1S/C18H20ClNO/c1-14-7-9-15(10-8-14)11-12-18(21)20-13-17(19)16-5-3-2-4-6-16/h2-10,17H,11-13H2,1H3,(H,20,21). The van der Waals surface area contributed by atoms with Gasteiger partial charge in [-0.25, -0.2) is 0 Å². The number of aryl methyl sites for hydroxylation is 2. The van der Waals surface area contributed by atoms with Gasteiger partial charge in [-0.15, -0.1) is 11.6 Å². The predicted molar refractivity (Wildman–Crippen MR) is 87.5 cm³/mol. The summed E-state index contributed by atoms with van der Waals surface area (Å²) in [5, 5.41) is 2.71. The molecule has 0 aliphatic rings. The zero-order valence-electron chi connectivity index (χ0n) is 12.2. The Labute approximate surface area is 131 Å². The first-order valence-electron chi connectivity index (χ1n) is 7.16. The molecule has 0 saturated heterocycles. The molecule has 0 aliphatic heterocycles. The van der Waals surface area contributed by atoms with Crippen LogP contribution in [0.1, 0.15) is 28.5 Å². The minimum absolute atomic E-state index is 0.0390. The molecule has 21 heavy (non-hydrogen) atoms. The van der Waals surface area contributed by atoms with Crippen molar-refractivity contribution in [2.45, 2.75) is 25.1 Å². The predicted octanol–water partition coefficient (Wildman–Crippen LogP) is 4.02. The maximum atomic E-state index is 11.8. The van der Waals surface area contributed by atoms with Gasteiger partial charge in [-0.3, -0.25) is 4.79 Å². The topological polar surface area (TPSA) is 29.1 Å². The molecule has 2 nitrogen and oxygen atoms in total. The van der Waals surface area contributed by atoms with E-state index >= 15 is 0 Å². The zero-order valence-corrected chi connectivity index (χ0v) is 12.9. The lowest BCUT2D eigenvalue weighted by Crippen LogP contribution is -2.27. The van der Waals surface area contributed by atoms with Crippen molar-refractivity contribution >= 4 is 17.5 Å². The minimum Gasteiger partial charge on any atom is -0.354 e. The van der Waals surface area contributed by atoms with E-state index in [2.05, 4.69) is 36.5 Å². The van der Waals surface area contributed by atoms with Gasteiger partial charge in [0.2, 0.25) is 5.91 Å². The third-order valence-electron chi connectivity index (χ3n) is 3.40. The number of hydrogen-bond donors (Lipinski definition) is 1. The SMILES string of the molecule is Cc1ccc(CCC(=O)NCC(Cl)c2ccccc2)cc1. The van der Waals surface area contributed by atoms with Crippen LogP contribution in [0.5, 0.6) is 0 Å². The molecule has 1 N–H and O–H groups in total. The van der Waals surface area contributed by atoms with Crippen LogP contribution in [0, 0.1) is 6.92 Å². The summed E-state index contributed by atoms with van der Waals surface area (Å²) < 4.78 is 0. The number of hydrogen-bond acceptors (Lipinski definition) is 1. The van der Waals surface area contributed by atoms with Crippen LogP contribution in [-0.4, -0.2) is 12.5 Å². The Morgan fingerprint density at radius 1 is 1.10 bits per heavy atom. The number of rotatable bonds is 6. The van der Waals surface area contributed by atoms with Crippen molar-refractivity contribution in [3.05, 3.63) is 71.3 Å². The summed E-state index contributed by atoms with van der Waals surface area (Å²) in [7, 11) is 0. The molecule has 1 amide bonds. The highest BCUT2D eigenvalue weighted by Crippen LogP contribution is 2.18. The van der Waals surface area contributed by atoms with Crippen LogP contribution >= 0.6 is 11.6 Å². The lowest BCUT2D eigenvalue weighted by molar-refractivity contribution is -0.121. The van der Waals surface area contributed by atoms with Gasteiger partial charge in [0.25, 0.3) is 0 Å². The van der Waals surface area contributed by atoms with Crippen LogP contribution < -0.4 is 5.32 Å². The summed E-state index contributed by atoms with van der Waals surface area (Å²) in [6, 6.07) is 18.1. The lowest BCUT2D eigenvalue weighted by Gasteiger charge is -2.11. The maximum absolute atomic E-state index is 11.8. The van der Waals surface area contributed by atoms with Crippen LogP contribution in [0.15, 0.2) is 54.6 Å². The molecule has 0 fully saturated rings. The summed E-state index contributed by atoms with van der Waals surface area (Å²) in [6.07, 6.45) is 1.24. The Morgan fingerprint density at radius 3 is 2.43 bits per heavy atom. The summed E-state index contributed by atoms with van der Waals surface area (Å²) in [5.41, 5.74) is 3.44. The van der Waals surface area contributed by atoms with Gasteiger partial charge in [-0.2, -0.15) is 0 Å². The smallest absolute Gasteiger partial charge is 0.220 e. The minimum atomic E-state index is -0.186. The monoisotopic (exact) mass is 301 g/mol. The van der Waals surface area contributed by atoms with Crippen molar-refractivity contribution in [1.29, 1.82) is 0 Å². The molecule has 0 radical (unpaired) electrons. The number of halogens is 1. The fourth-order valence-electron chi connectivity index (χ4n) is 2.08. The Hall–Kier alpha value is -1.80. The Kier molecular flexibility index (Phi) is 5.82. The number of alkyl halides is 1. The summed E-state index contributed by atoms with van der Waals surface area (Å²) in [5.74, 6) is 0.0390. The van der Waals surface area contributed by atoms with Gasteiger partial charge in [-0.1, -0.05) is 60.2 Å². The highest BCUT2D eigenvalue weighted by molar-refractivity contribution is 6.21. The second-order valence-corrected chi connectivity index (χ2v) is 5.69. The average molecular weight is 302 g/mol. The molecule has 0 saturated carbocycles. The second kappa shape index (κ2) is 7.84. The van der Waals surface area contributed by atoms with Gasteiger partial charge in [0.15, 0.2) is 0 Å². The van der Waals surface area contributed by atoms with Crippen molar-refractivity contribution in [2.75, 3.05) is 6.54 Å². The number of carbonyl (C=O) groups excluding carboxylic acids is 1. The maximum Gasteiger partial charge on any atom is 0.220 e. The number of benzene rings is 2. The van der Waals surface area contributed by atoms with Crippen LogP contribution in [0.2, 0.25) is 0 Å². The molecule has 0 heterocycles. The Bertz CT molecular complexity index is 566. The highest BCUT2D eigenvalue weighted by atomic mass is 35.5. The molecule has 2 aromatic carbocycles. The van der Waals surface area contributed by atoms with Crippen LogP contribution in [0.25, 0.3) is 0 Å². The van der Waals surface area contributed by atoms with Gasteiger partial charge in [0.05, 0.1) is 5.38 Å². The average Bonchev–Trinajstić information content (AvgIpc) is 2.53. The molecule has 0 aromatic heterocycles. The lowest BCUT2D eigenvalue weighted by atomic mass is 10.1. The first kappa shape index (κ1) is 15.6. The van der Waals surface area contributed by atoms with E-state index < -0.39 is 0 Å². The van der Waals surface area contributed by atoms with Gasteiger partial charge in [-0.05, 0) is 24.5 Å². The van der Waals surface area contributed by atoms with E-state index in [1.807, 2.05) is 30.3 Å². The largest absolute Gasteiger partial charge is 0.354 e. The van der Waals surface area contributed by atoms with E-state index in [1.165, 1.54) is 11.1 Å². The first-order valence-corrected chi connectivity index (χ1v) is 7.60. The van der Waals surface area contributed by atoms with E-state index in [0.717, 1.165) is 12.0 Å². The van der Waals surface area contributed by atoms with Gasteiger partial charge in [0.1, 0.15) is 0 Å². The van der Waals surface area contributed by atoms with Crippen LogP contribution in [0.4, 0.5) is 0 Å². The van der Waals surface area contributed by atoms with Crippen molar-refractivity contribution < 1.29 is 4.79 Å². The number of nitrogens with one attached hydrogen (secondary N) is 1. The van der Waals surface area contributed by atoms with Crippen LogP contribution in [0.3, 0.4) is 0 Å². The Morgan fingerprint density at radius 2 is 1.76 bits per heavy atom. The van der Waals surface area contributed by atoms with Crippen LogP contribution in [-0.2, 0) is 11.2 Å². The normalized spacial score (nSPS) is 11.9. The summed E-state index contributed by atoms with van der Waals surface area (Å²) >= 11 is 6.27. The molecule has 0 aliphatic carbocycles. The molecule has 3 heteroatoms. The van der Waals surface area contributed by atoms with Gasteiger partial charge >= 0.3 is 0 Å². The van der Waals surface area contributed by atoms with Crippen molar-refractivity contribution in [1.82, 2.24) is 5.32 Å². The third kappa shape index (κ3) is 5.24. The summed E-state index contributed by atoms with van der Waals surface area (Å²) in [6.45, 7) is 2.51. The Balaban J connectivity index is 1.73. The molecule has 2 rings (SSSR count). The van der Waals surface area contributed by atoms with Crippen molar-refractivity contribution in [3.8, 4) is 0 Å². The zero-order chi connectivity index (χ0) is 15.1. The number of amides is 1. The number of carbonyl (C=O) groups is 1. The van der Waals surface area contributed by atoms with Gasteiger partial charge in [0, 0.05) is 13.0 Å². The first-order chi connectivity index (χ1) is 10.1. The molecule has 110 valence electrons. The molecule has 0 spiro atoms. The van der Waals surface area contributed by atoms with E-state index in [1.54, 1.807) is 0 Å². The van der Waals surface area contributed by atoms with E-state index in [0.29, 0.717) is 13.0 Å². The molecule has 0 bridgehead atoms. The molecular weight excluding hydrogens is 282 g/mol. The summed E-state index contributed by atoms with van der Waals surface area (Å²) in [4.78, 5) is 11.8. The van der Waals surface area contributed by atoms with Crippen molar-refractivity contribution in [2.24, 2.45) is 0 Å². The molecule has 1 atom stereocenters. The fraction of sp³-hybridized carbons (Fsp3) is 0.278. The highest BCUT2D eigenvalue weighted by Gasteiger charge is 2.09. The molecular formula is C18H20ClNO. The molecule has 1 unspecified atom stereocenters. The van der Waals surface area contributed by atoms with E-state index in [4.69, 9.17) is 11.6 Å². The quantitative estimate of drug-likeness (QED) is 0.802. The third-order valence-corrected chi connectivity index (χ3v) is 3.81. The second-order valence-electron chi connectivity index (χ2n) is 5.17. The van der Waals surface area contributed by atoms with E-state index in [-0.39, 0.29) is 11.3 Å².